The lowest BCUT2D eigenvalue weighted by molar-refractivity contribution is 0.134. The van der Waals surface area contributed by atoms with E-state index in [9.17, 15) is 0 Å². The Bertz CT molecular complexity index is 1270. The van der Waals surface area contributed by atoms with Crippen LogP contribution in [0.5, 0.6) is 11.5 Å². The van der Waals surface area contributed by atoms with Crippen LogP contribution in [0.4, 0.5) is 10.1 Å². The molecule has 2 aromatic heterocycles. The number of aromatic nitrogens is 3. The molecule has 172 valence electrons. The monoisotopic (exact) mass is 508 g/mol. The summed E-state index contributed by atoms with van der Waals surface area (Å²) < 4.78 is 32.1. The molecule has 2 heterocycles. The fourth-order valence-electron chi connectivity index (χ4n) is 3.05. The number of hydrogen-bond donors (Lipinski definition) is 1. The number of nitrogens with two attached hydrogens (primary N) is 1. The van der Waals surface area contributed by atoms with Gasteiger partial charge in [-0.2, -0.15) is 0 Å². The van der Waals surface area contributed by atoms with Gasteiger partial charge in [0.2, 0.25) is 5.89 Å². The van der Waals surface area contributed by atoms with Gasteiger partial charge in [-0.25, -0.2) is 9.37 Å². The second-order valence-corrected chi connectivity index (χ2v) is 8.94. The zero-order valence-corrected chi connectivity index (χ0v) is 20.0. The average molecular weight is 509 g/mol. The van der Waals surface area contributed by atoms with Crippen molar-refractivity contribution >= 4 is 40.2 Å². The lowest BCUT2D eigenvalue weighted by atomic mass is 10.1. The largest absolute Gasteiger partial charge is 0.453 e. The molecule has 0 radical (unpaired) electrons. The highest BCUT2D eigenvalue weighted by molar-refractivity contribution is 7.15. The van der Waals surface area contributed by atoms with Crippen LogP contribution in [0.25, 0.3) is 10.8 Å². The molecule has 0 bridgehead atoms. The van der Waals surface area contributed by atoms with E-state index in [1.165, 1.54) is 29.5 Å². The van der Waals surface area contributed by atoms with Crippen LogP contribution in [0.3, 0.4) is 0 Å². The molecule has 33 heavy (non-hydrogen) atoms. The van der Waals surface area contributed by atoms with Crippen molar-refractivity contribution in [3.8, 4) is 22.3 Å². The van der Waals surface area contributed by atoms with E-state index < -0.39 is 5.82 Å². The number of nitrogens with zero attached hydrogens (tertiary/aromatic N) is 3. The SMILES string of the molecule is CCOCc1nc(C)c(-c2nnc(Cc3ccc(Cl)c(Oc4cc(N)cc(Cl)c4)c3F)o2)s1. The zero-order valence-electron chi connectivity index (χ0n) is 17.7. The van der Waals surface area contributed by atoms with Crippen LogP contribution >= 0.6 is 34.5 Å². The molecule has 4 rings (SSSR count). The minimum absolute atomic E-state index is 0.0493. The standard InChI is InChI=1S/C22H19Cl2FN4O3S/c1-3-30-10-18-27-11(2)21(33-18)22-29-28-17(32-22)6-12-4-5-16(24)20(19(12)25)31-15-8-13(23)7-14(26)9-15/h4-5,7-9H,3,6,10,26H2,1-2H3. The predicted molar refractivity (Wildman–Crippen MR) is 126 cm³/mol. The molecule has 0 fully saturated rings. The number of anilines is 1. The summed E-state index contributed by atoms with van der Waals surface area (Å²) in [6, 6.07) is 7.67. The van der Waals surface area contributed by atoms with Crippen LogP contribution in [0.1, 0.15) is 29.1 Å². The normalized spacial score (nSPS) is 11.2. The molecular weight excluding hydrogens is 490 g/mol. The molecule has 0 amide bonds. The second-order valence-electron chi connectivity index (χ2n) is 7.01. The first-order valence-electron chi connectivity index (χ1n) is 9.91. The van der Waals surface area contributed by atoms with E-state index in [4.69, 9.17) is 42.8 Å². The molecule has 2 aromatic carbocycles. The van der Waals surface area contributed by atoms with Gasteiger partial charge >= 0.3 is 0 Å². The summed E-state index contributed by atoms with van der Waals surface area (Å²) in [6.45, 7) is 4.79. The van der Waals surface area contributed by atoms with Crippen LogP contribution in [0, 0.1) is 12.7 Å². The quantitative estimate of drug-likeness (QED) is 0.273. The fourth-order valence-corrected chi connectivity index (χ4v) is 4.39. The molecule has 2 N–H and O–H groups in total. The van der Waals surface area contributed by atoms with Crippen molar-refractivity contribution in [2.75, 3.05) is 12.3 Å². The average Bonchev–Trinajstić information content (AvgIpc) is 3.37. The lowest BCUT2D eigenvalue weighted by Gasteiger charge is -2.12. The smallest absolute Gasteiger partial charge is 0.259 e. The van der Waals surface area contributed by atoms with Crippen molar-refractivity contribution in [1.29, 1.82) is 0 Å². The number of benzene rings is 2. The van der Waals surface area contributed by atoms with Gasteiger partial charge in [-0.1, -0.05) is 29.3 Å². The summed E-state index contributed by atoms with van der Waals surface area (Å²) >= 11 is 13.6. The number of hydrogen-bond acceptors (Lipinski definition) is 8. The van der Waals surface area contributed by atoms with Gasteiger partial charge in [-0.05, 0) is 32.0 Å². The maximum atomic E-state index is 15.2. The van der Waals surface area contributed by atoms with E-state index in [0.29, 0.717) is 29.8 Å². The number of thiazole rings is 1. The van der Waals surface area contributed by atoms with Gasteiger partial charge in [0.05, 0.1) is 23.7 Å². The third-order valence-electron chi connectivity index (χ3n) is 4.52. The highest BCUT2D eigenvalue weighted by atomic mass is 35.5. The minimum Gasteiger partial charge on any atom is -0.453 e. The van der Waals surface area contributed by atoms with E-state index in [0.717, 1.165) is 15.6 Å². The summed E-state index contributed by atoms with van der Waals surface area (Å²) in [7, 11) is 0. The maximum absolute atomic E-state index is 15.2. The zero-order chi connectivity index (χ0) is 23.5. The number of nitrogen functional groups attached to an aromatic ring is 1. The van der Waals surface area contributed by atoms with E-state index in [1.807, 2.05) is 13.8 Å². The number of rotatable bonds is 8. The Balaban J connectivity index is 1.56. The van der Waals surface area contributed by atoms with Crippen LogP contribution in [0.2, 0.25) is 10.0 Å². The van der Waals surface area contributed by atoms with Gasteiger partial charge in [0.1, 0.15) is 15.6 Å². The third-order valence-corrected chi connectivity index (χ3v) is 6.15. The first-order valence-corrected chi connectivity index (χ1v) is 11.5. The predicted octanol–water partition coefficient (Wildman–Crippen LogP) is 6.45. The van der Waals surface area contributed by atoms with Gasteiger partial charge in [-0.3, -0.25) is 0 Å². The van der Waals surface area contributed by atoms with Gasteiger partial charge in [0.25, 0.3) is 5.89 Å². The second kappa shape index (κ2) is 10.0. The molecule has 0 saturated heterocycles. The summed E-state index contributed by atoms with van der Waals surface area (Å²) in [5.74, 6) is 0.0380. The number of ether oxygens (including phenoxy) is 2. The summed E-state index contributed by atoms with van der Waals surface area (Å²) in [5.41, 5.74) is 7.20. The van der Waals surface area contributed by atoms with Crippen molar-refractivity contribution in [2.45, 2.75) is 26.9 Å². The summed E-state index contributed by atoms with van der Waals surface area (Å²) in [6.07, 6.45) is 0.0493. The summed E-state index contributed by atoms with van der Waals surface area (Å²) in [4.78, 5) is 5.21. The first-order chi connectivity index (χ1) is 15.8. The Morgan fingerprint density at radius 1 is 1.18 bits per heavy atom. The van der Waals surface area contributed by atoms with Crippen molar-refractivity contribution in [1.82, 2.24) is 15.2 Å². The summed E-state index contributed by atoms with van der Waals surface area (Å²) in [5, 5.41) is 9.43. The Morgan fingerprint density at radius 2 is 2.00 bits per heavy atom. The molecule has 0 spiro atoms. The van der Waals surface area contributed by atoms with Crippen molar-refractivity contribution in [2.24, 2.45) is 0 Å². The Kier molecular flexibility index (Phi) is 7.14. The van der Waals surface area contributed by atoms with Crippen LogP contribution in [-0.2, 0) is 17.8 Å². The highest BCUT2D eigenvalue weighted by Crippen LogP contribution is 2.36. The van der Waals surface area contributed by atoms with E-state index in [2.05, 4.69) is 15.2 Å². The van der Waals surface area contributed by atoms with Gasteiger partial charge in [-0.15, -0.1) is 21.5 Å². The molecule has 4 aromatic rings. The Hall–Kier alpha value is -2.72. The molecule has 0 atom stereocenters. The molecule has 0 aliphatic rings. The van der Waals surface area contributed by atoms with Crippen molar-refractivity contribution < 1.29 is 18.3 Å². The third kappa shape index (κ3) is 5.44. The molecule has 7 nitrogen and oxygen atoms in total. The Morgan fingerprint density at radius 3 is 2.76 bits per heavy atom. The van der Waals surface area contributed by atoms with Gasteiger partial charge < -0.3 is 19.6 Å². The lowest BCUT2D eigenvalue weighted by Crippen LogP contribution is -1.98. The van der Waals surface area contributed by atoms with E-state index in [1.54, 1.807) is 12.1 Å². The maximum Gasteiger partial charge on any atom is 0.259 e. The minimum atomic E-state index is -0.645. The van der Waals surface area contributed by atoms with Gasteiger partial charge in [0, 0.05) is 28.9 Å². The molecule has 0 aliphatic heterocycles. The molecular formula is C22H19Cl2FN4O3S. The van der Waals surface area contributed by atoms with E-state index in [-0.39, 0.29) is 34.4 Å². The fraction of sp³-hybridized carbons (Fsp3) is 0.227. The Labute approximate surface area is 203 Å². The first kappa shape index (κ1) is 23.4. The van der Waals surface area contributed by atoms with Gasteiger partial charge in [0.15, 0.2) is 11.6 Å². The van der Waals surface area contributed by atoms with Crippen LogP contribution in [0.15, 0.2) is 34.7 Å². The molecule has 11 heteroatoms. The molecule has 0 saturated carbocycles. The van der Waals surface area contributed by atoms with Crippen LogP contribution in [-0.4, -0.2) is 21.8 Å². The van der Waals surface area contributed by atoms with Crippen molar-refractivity contribution in [3.05, 3.63) is 68.4 Å². The van der Waals surface area contributed by atoms with Crippen molar-refractivity contribution in [3.63, 3.8) is 0 Å². The number of halogens is 3. The topological polar surface area (TPSA) is 96.3 Å². The van der Waals surface area contributed by atoms with E-state index >= 15 is 4.39 Å². The molecule has 0 aliphatic carbocycles. The number of aryl methyl sites for hydroxylation is 1. The molecule has 0 unspecified atom stereocenters. The highest BCUT2D eigenvalue weighted by Gasteiger charge is 2.20. The van der Waals surface area contributed by atoms with Crippen LogP contribution < -0.4 is 10.5 Å².